The number of benzene rings is 2. The number of quaternary nitrogens is 1. The van der Waals surface area contributed by atoms with E-state index in [-0.39, 0.29) is 0 Å². The highest BCUT2D eigenvalue weighted by Gasteiger charge is 2.33. The maximum Gasteiger partial charge on any atom is 0.416 e. The minimum absolute atomic E-state index is 0.556. The molecule has 1 saturated heterocycles. The number of hydrogen-bond donors (Lipinski definition) is 1. The van der Waals surface area contributed by atoms with Crippen LogP contribution < -0.4 is 9.80 Å². The minimum atomic E-state index is -4.28. The molecule has 5 heteroatoms. The molecule has 0 amide bonds. The van der Waals surface area contributed by atoms with Gasteiger partial charge in [-0.3, -0.25) is 0 Å². The minimum Gasteiger partial charge on any atom is -0.360 e. The molecule has 28 heavy (non-hydrogen) atoms. The third-order valence-electron chi connectivity index (χ3n) is 6.52. The van der Waals surface area contributed by atoms with Crippen molar-refractivity contribution in [2.24, 2.45) is 0 Å². The Labute approximate surface area is 165 Å². The summed E-state index contributed by atoms with van der Waals surface area (Å²) >= 11 is 0. The molecule has 2 aliphatic rings. The van der Waals surface area contributed by atoms with Crippen molar-refractivity contribution in [3.63, 3.8) is 0 Å². The smallest absolute Gasteiger partial charge is 0.360 e. The fourth-order valence-corrected chi connectivity index (χ4v) is 4.90. The third-order valence-corrected chi connectivity index (χ3v) is 6.52. The summed E-state index contributed by atoms with van der Waals surface area (Å²) in [7, 11) is 0. The maximum atomic E-state index is 13.0. The first-order valence-corrected chi connectivity index (χ1v) is 10.3. The Morgan fingerprint density at radius 1 is 0.821 bits per heavy atom. The molecular weight excluding hydrogens is 361 g/mol. The predicted octanol–water partition coefficient (Wildman–Crippen LogP) is 4.14. The van der Waals surface area contributed by atoms with Crippen molar-refractivity contribution in [1.29, 1.82) is 0 Å². The van der Waals surface area contributed by atoms with E-state index in [1.54, 1.807) is 11.0 Å². The van der Waals surface area contributed by atoms with Crippen molar-refractivity contribution in [3.8, 4) is 0 Å². The molecule has 0 radical (unpaired) electrons. The molecule has 1 aliphatic heterocycles. The molecule has 1 N–H and O–H groups in total. The van der Waals surface area contributed by atoms with E-state index >= 15 is 0 Å². The van der Waals surface area contributed by atoms with Gasteiger partial charge >= 0.3 is 6.18 Å². The Hall–Kier alpha value is -2.01. The van der Waals surface area contributed by atoms with Crippen LogP contribution in [-0.2, 0) is 6.18 Å². The van der Waals surface area contributed by atoms with Crippen LogP contribution >= 0.6 is 0 Å². The molecule has 4 rings (SSSR count). The third kappa shape index (κ3) is 4.35. The second-order valence-electron chi connectivity index (χ2n) is 8.15. The number of nitrogens with one attached hydrogen (secondary N) is 1. The van der Waals surface area contributed by atoms with E-state index in [0.29, 0.717) is 17.6 Å². The molecule has 2 aromatic rings. The van der Waals surface area contributed by atoms with Gasteiger partial charge in [0.15, 0.2) is 0 Å². The lowest BCUT2D eigenvalue weighted by molar-refractivity contribution is -0.927. The summed E-state index contributed by atoms with van der Waals surface area (Å²) in [6.45, 7) is 3.68. The van der Waals surface area contributed by atoms with Gasteiger partial charge in [0.05, 0.1) is 37.8 Å². The molecule has 0 unspecified atom stereocenters. The Morgan fingerprint density at radius 3 is 2.14 bits per heavy atom. The molecule has 2 aromatic carbocycles. The molecule has 2 fully saturated rings. The molecular formula is C23H28F3N2+. The van der Waals surface area contributed by atoms with Gasteiger partial charge in [-0.25, -0.2) is 0 Å². The van der Waals surface area contributed by atoms with Crippen LogP contribution in [0.3, 0.4) is 0 Å². The van der Waals surface area contributed by atoms with E-state index in [4.69, 9.17) is 0 Å². The lowest BCUT2D eigenvalue weighted by Gasteiger charge is -2.40. The standard InChI is InChI=1S/C23H27F3N2/c24-23(25,26)20-7-4-8-22(17-20)28-15-13-27(14-16-28)21-11-9-19(10-12-21)18-5-2-1-3-6-18/h1-8,17,19,21H,9-16H2/p+1. The predicted molar refractivity (Wildman–Crippen MR) is 106 cm³/mol. The monoisotopic (exact) mass is 389 g/mol. The summed E-state index contributed by atoms with van der Waals surface area (Å²) in [6, 6.07) is 17.3. The van der Waals surface area contributed by atoms with Gasteiger partial charge in [0.2, 0.25) is 0 Å². The number of alkyl halides is 3. The second kappa shape index (κ2) is 8.16. The number of halogens is 3. The number of nitrogens with zero attached hydrogens (tertiary/aromatic N) is 1. The van der Waals surface area contributed by atoms with Gasteiger partial charge in [0, 0.05) is 5.69 Å². The quantitative estimate of drug-likeness (QED) is 0.829. The van der Waals surface area contributed by atoms with Crippen LogP contribution in [0.1, 0.15) is 42.7 Å². The molecule has 1 saturated carbocycles. The van der Waals surface area contributed by atoms with Gasteiger partial charge in [0.25, 0.3) is 0 Å². The lowest BCUT2D eigenvalue weighted by Crippen LogP contribution is -3.18. The summed E-state index contributed by atoms with van der Waals surface area (Å²) in [6.07, 6.45) is 0.711. The van der Waals surface area contributed by atoms with Crippen molar-refractivity contribution < 1.29 is 18.1 Å². The van der Waals surface area contributed by atoms with Gasteiger partial charge in [-0.1, -0.05) is 36.4 Å². The Balaban J connectivity index is 1.30. The van der Waals surface area contributed by atoms with E-state index < -0.39 is 11.7 Å². The highest BCUT2D eigenvalue weighted by atomic mass is 19.4. The molecule has 0 spiro atoms. The summed E-state index contributed by atoms with van der Waals surface area (Å²) in [5.41, 5.74) is 1.60. The number of piperazine rings is 1. The first-order chi connectivity index (χ1) is 13.5. The normalized spacial score (nSPS) is 24.3. The van der Waals surface area contributed by atoms with Crippen molar-refractivity contribution in [2.75, 3.05) is 31.1 Å². The highest BCUT2D eigenvalue weighted by Crippen LogP contribution is 2.33. The lowest BCUT2D eigenvalue weighted by atomic mass is 9.81. The van der Waals surface area contributed by atoms with E-state index in [2.05, 4.69) is 35.2 Å². The van der Waals surface area contributed by atoms with E-state index in [1.165, 1.54) is 43.4 Å². The summed E-state index contributed by atoms with van der Waals surface area (Å²) in [5, 5.41) is 0. The maximum absolute atomic E-state index is 13.0. The van der Waals surface area contributed by atoms with Crippen LogP contribution in [0.5, 0.6) is 0 Å². The number of rotatable bonds is 3. The van der Waals surface area contributed by atoms with Gasteiger partial charge in [-0.2, -0.15) is 13.2 Å². The average molecular weight is 389 g/mol. The summed E-state index contributed by atoms with van der Waals surface area (Å²) in [4.78, 5) is 3.74. The summed E-state index contributed by atoms with van der Waals surface area (Å²) < 4.78 is 38.9. The molecule has 2 nitrogen and oxygen atoms in total. The molecule has 0 atom stereocenters. The Morgan fingerprint density at radius 2 is 1.50 bits per heavy atom. The first kappa shape index (κ1) is 19.3. The van der Waals surface area contributed by atoms with E-state index in [1.807, 2.05) is 0 Å². The summed E-state index contributed by atoms with van der Waals surface area (Å²) in [5.74, 6) is 0.684. The molecule has 150 valence electrons. The molecule has 0 aromatic heterocycles. The van der Waals surface area contributed by atoms with Crippen LogP contribution in [0, 0.1) is 0 Å². The Bertz CT molecular complexity index is 759. The molecule has 0 bridgehead atoms. The molecule has 1 aliphatic carbocycles. The van der Waals surface area contributed by atoms with E-state index in [0.717, 1.165) is 32.2 Å². The largest absolute Gasteiger partial charge is 0.416 e. The highest BCUT2D eigenvalue weighted by molar-refractivity contribution is 5.49. The zero-order valence-corrected chi connectivity index (χ0v) is 16.1. The van der Waals surface area contributed by atoms with Gasteiger partial charge in [0.1, 0.15) is 0 Å². The van der Waals surface area contributed by atoms with Crippen LogP contribution in [0.15, 0.2) is 54.6 Å². The topological polar surface area (TPSA) is 7.68 Å². The van der Waals surface area contributed by atoms with Gasteiger partial charge in [-0.15, -0.1) is 0 Å². The second-order valence-corrected chi connectivity index (χ2v) is 8.15. The van der Waals surface area contributed by atoms with Crippen LogP contribution in [0.25, 0.3) is 0 Å². The van der Waals surface area contributed by atoms with Crippen molar-refractivity contribution in [2.45, 2.75) is 43.8 Å². The average Bonchev–Trinajstić information content (AvgIpc) is 2.74. The Kier molecular flexibility index (Phi) is 5.63. The number of anilines is 1. The molecule has 1 heterocycles. The number of hydrogen-bond acceptors (Lipinski definition) is 1. The fourth-order valence-electron chi connectivity index (χ4n) is 4.90. The zero-order valence-electron chi connectivity index (χ0n) is 16.1. The first-order valence-electron chi connectivity index (χ1n) is 10.3. The van der Waals surface area contributed by atoms with Crippen molar-refractivity contribution in [1.82, 2.24) is 0 Å². The SMILES string of the molecule is FC(F)(F)c1cccc(N2CC[NH+](C3CCC(c4ccccc4)CC3)CC2)c1. The fraction of sp³-hybridized carbons (Fsp3) is 0.478. The zero-order chi connectivity index (χ0) is 19.6. The van der Waals surface area contributed by atoms with Gasteiger partial charge in [-0.05, 0) is 55.4 Å². The van der Waals surface area contributed by atoms with E-state index in [9.17, 15) is 13.2 Å². The van der Waals surface area contributed by atoms with Crippen LogP contribution in [0.4, 0.5) is 18.9 Å². The van der Waals surface area contributed by atoms with Crippen molar-refractivity contribution in [3.05, 3.63) is 65.7 Å². The van der Waals surface area contributed by atoms with Crippen molar-refractivity contribution >= 4 is 5.69 Å². The van der Waals surface area contributed by atoms with Crippen LogP contribution in [-0.4, -0.2) is 32.2 Å². The van der Waals surface area contributed by atoms with Gasteiger partial charge < -0.3 is 9.80 Å². The van der Waals surface area contributed by atoms with Crippen LogP contribution in [0.2, 0.25) is 0 Å².